The molecule has 8 fully saturated rings. The summed E-state index contributed by atoms with van der Waals surface area (Å²) in [6.07, 6.45) is 19.2. The zero-order chi connectivity index (χ0) is 15.8. The van der Waals surface area contributed by atoms with Crippen molar-refractivity contribution in [3.63, 3.8) is 0 Å². The molecule has 8 aliphatic rings. The zero-order valence-electron chi connectivity index (χ0n) is 15.2. The molecule has 0 spiro atoms. The van der Waals surface area contributed by atoms with E-state index >= 15 is 0 Å². The second-order valence-electron chi connectivity index (χ2n) is 11.4. The van der Waals surface area contributed by atoms with Crippen LogP contribution in [0.3, 0.4) is 0 Å². The fraction of sp³-hybridized carbons (Fsp3) is 1.00. The molecule has 24 heavy (non-hydrogen) atoms. The van der Waals surface area contributed by atoms with Crippen LogP contribution in [0.2, 0.25) is 0 Å². The molecule has 0 unspecified atom stereocenters. The second kappa shape index (κ2) is 5.60. The SMILES string of the molecule is C1C2CC3CC1CC(CSSCC14CC5CC(CC(C5)C1)C4)(C2)C3. The lowest BCUT2D eigenvalue weighted by atomic mass is 9.50. The van der Waals surface area contributed by atoms with Crippen LogP contribution >= 0.6 is 21.6 Å². The summed E-state index contributed by atoms with van der Waals surface area (Å²) in [5.74, 6) is 9.76. The number of rotatable bonds is 5. The second-order valence-corrected chi connectivity index (χ2v) is 13.8. The van der Waals surface area contributed by atoms with Gasteiger partial charge in [-0.2, -0.15) is 0 Å². The van der Waals surface area contributed by atoms with Crippen molar-refractivity contribution in [2.45, 2.75) is 77.0 Å². The van der Waals surface area contributed by atoms with Gasteiger partial charge < -0.3 is 0 Å². The van der Waals surface area contributed by atoms with Crippen LogP contribution in [-0.4, -0.2) is 11.5 Å². The first-order chi connectivity index (χ1) is 11.7. The van der Waals surface area contributed by atoms with Gasteiger partial charge in [-0.1, -0.05) is 21.6 Å². The first kappa shape index (κ1) is 15.7. The summed E-state index contributed by atoms with van der Waals surface area (Å²) < 4.78 is 0. The molecule has 0 amide bonds. The van der Waals surface area contributed by atoms with Gasteiger partial charge in [-0.25, -0.2) is 0 Å². The van der Waals surface area contributed by atoms with Crippen LogP contribution in [0.15, 0.2) is 0 Å². The van der Waals surface area contributed by atoms with Gasteiger partial charge in [0.2, 0.25) is 0 Å². The summed E-state index contributed by atoms with van der Waals surface area (Å²) >= 11 is 0. The highest BCUT2D eigenvalue weighted by molar-refractivity contribution is 8.76. The normalized spacial score (nSPS) is 57.0. The number of hydrogen-bond donors (Lipinski definition) is 0. The van der Waals surface area contributed by atoms with E-state index in [1.807, 2.05) is 0 Å². The van der Waals surface area contributed by atoms with E-state index in [2.05, 4.69) is 21.6 Å². The van der Waals surface area contributed by atoms with E-state index in [1.165, 1.54) is 11.5 Å². The third-order valence-corrected chi connectivity index (χ3v) is 12.0. The van der Waals surface area contributed by atoms with Crippen LogP contribution in [0, 0.1) is 46.3 Å². The first-order valence-electron chi connectivity index (χ1n) is 10.9. The molecule has 8 saturated carbocycles. The van der Waals surface area contributed by atoms with Gasteiger partial charge in [-0.05, 0) is 123 Å². The molecule has 8 bridgehead atoms. The quantitative estimate of drug-likeness (QED) is 0.389. The molecule has 0 saturated heterocycles. The molecule has 8 aliphatic carbocycles. The Morgan fingerprint density at radius 2 is 0.708 bits per heavy atom. The average Bonchev–Trinajstić information content (AvgIpc) is 2.49. The van der Waals surface area contributed by atoms with Gasteiger partial charge in [0.05, 0.1) is 0 Å². The maximum Gasteiger partial charge on any atom is 0.00939 e. The Labute approximate surface area is 156 Å². The molecule has 2 heteroatoms. The summed E-state index contributed by atoms with van der Waals surface area (Å²) in [5, 5.41) is 0. The Bertz CT molecular complexity index is 394. The molecule has 8 rings (SSSR count). The lowest BCUT2D eigenvalue weighted by Gasteiger charge is -2.57. The maximum atomic E-state index is 2.31. The fourth-order valence-corrected chi connectivity index (χ4v) is 12.6. The van der Waals surface area contributed by atoms with Crippen molar-refractivity contribution in [3.8, 4) is 0 Å². The minimum atomic E-state index is 0.786. The van der Waals surface area contributed by atoms with E-state index in [9.17, 15) is 0 Å². The van der Waals surface area contributed by atoms with Crippen molar-refractivity contribution in [1.29, 1.82) is 0 Å². The fourth-order valence-electron chi connectivity index (χ4n) is 9.27. The van der Waals surface area contributed by atoms with Crippen LogP contribution in [0.1, 0.15) is 77.0 Å². The van der Waals surface area contributed by atoms with Gasteiger partial charge in [0.1, 0.15) is 0 Å². The molecule has 0 nitrogen and oxygen atoms in total. The van der Waals surface area contributed by atoms with Crippen LogP contribution in [0.25, 0.3) is 0 Å². The van der Waals surface area contributed by atoms with Crippen LogP contribution in [0.5, 0.6) is 0 Å². The molecule has 0 aromatic heterocycles. The predicted octanol–water partition coefficient (Wildman–Crippen LogP) is 6.80. The van der Waals surface area contributed by atoms with E-state index in [1.54, 1.807) is 77.0 Å². The summed E-state index contributed by atoms with van der Waals surface area (Å²) in [6.45, 7) is 0. The third-order valence-electron chi connectivity index (χ3n) is 9.14. The molecule has 0 radical (unpaired) electrons. The number of hydrogen-bond acceptors (Lipinski definition) is 2. The summed E-state index contributed by atoms with van der Waals surface area (Å²) in [7, 11) is 4.61. The molecule has 0 atom stereocenters. The minimum Gasteiger partial charge on any atom is -0.0936 e. The van der Waals surface area contributed by atoms with Gasteiger partial charge in [-0.15, -0.1) is 0 Å². The van der Waals surface area contributed by atoms with Crippen LogP contribution in [-0.2, 0) is 0 Å². The van der Waals surface area contributed by atoms with Gasteiger partial charge in [0, 0.05) is 11.5 Å². The summed E-state index contributed by atoms with van der Waals surface area (Å²) in [4.78, 5) is 0. The van der Waals surface area contributed by atoms with E-state index in [-0.39, 0.29) is 0 Å². The van der Waals surface area contributed by atoms with E-state index in [0.29, 0.717) is 0 Å². The van der Waals surface area contributed by atoms with Crippen molar-refractivity contribution in [1.82, 2.24) is 0 Å². The highest BCUT2D eigenvalue weighted by Gasteiger charge is 2.52. The topological polar surface area (TPSA) is 0 Å². The standard InChI is InChI=1S/C22H34S2/c1-15-2-17-3-16(1)8-21(7-15,9-17)13-23-24-14-22-10-18-4-19(11-22)6-20(5-18)12-22/h15-20H,1-14H2. The lowest BCUT2D eigenvalue weighted by Crippen LogP contribution is -2.47. The highest BCUT2D eigenvalue weighted by Crippen LogP contribution is 2.63. The molecule has 0 N–H and O–H groups in total. The van der Waals surface area contributed by atoms with E-state index in [4.69, 9.17) is 0 Å². The van der Waals surface area contributed by atoms with Gasteiger partial charge in [0.15, 0.2) is 0 Å². The van der Waals surface area contributed by atoms with E-state index < -0.39 is 0 Å². The average molecular weight is 363 g/mol. The van der Waals surface area contributed by atoms with Crippen molar-refractivity contribution in [2.24, 2.45) is 46.3 Å². The van der Waals surface area contributed by atoms with Crippen molar-refractivity contribution in [3.05, 3.63) is 0 Å². The molecule has 0 aromatic carbocycles. The van der Waals surface area contributed by atoms with Crippen molar-refractivity contribution < 1.29 is 0 Å². The molecular formula is C22H34S2. The zero-order valence-corrected chi connectivity index (χ0v) is 16.8. The van der Waals surface area contributed by atoms with Gasteiger partial charge >= 0.3 is 0 Å². The van der Waals surface area contributed by atoms with E-state index in [0.717, 1.165) is 46.3 Å². The Hall–Kier alpha value is 0.700. The predicted molar refractivity (Wildman–Crippen MR) is 106 cm³/mol. The first-order valence-corrected chi connectivity index (χ1v) is 13.4. The molecule has 134 valence electrons. The van der Waals surface area contributed by atoms with Crippen molar-refractivity contribution in [2.75, 3.05) is 11.5 Å². The van der Waals surface area contributed by atoms with Crippen molar-refractivity contribution >= 4 is 21.6 Å². The Morgan fingerprint density at radius 1 is 0.458 bits per heavy atom. The largest absolute Gasteiger partial charge is 0.0936 e. The van der Waals surface area contributed by atoms with Gasteiger partial charge in [-0.3, -0.25) is 0 Å². The lowest BCUT2D eigenvalue weighted by molar-refractivity contribution is -0.0386. The molecule has 0 heterocycles. The molecule has 0 aliphatic heterocycles. The van der Waals surface area contributed by atoms with Crippen LogP contribution in [0.4, 0.5) is 0 Å². The van der Waals surface area contributed by atoms with Gasteiger partial charge in [0.25, 0.3) is 0 Å². The molecule has 0 aromatic rings. The highest BCUT2D eigenvalue weighted by atomic mass is 33.1. The summed E-state index contributed by atoms with van der Waals surface area (Å²) in [6, 6.07) is 0. The Balaban J connectivity index is 1.05. The van der Waals surface area contributed by atoms with Crippen LogP contribution < -0.4 is 0 Å². The minimum absolute atomic E-state index is 0.786. The smallest absolute Gasteiger partial charge is 0.00939 e. The molecular weight excluding hydrogens is 328 g/mol. The monoisotopic (exact) mass is 362 g/mol. The Morgan fingerprint density at radius 3 is 0.958 bits per heavy atom. The third kappa shape index (κ3) is 2.63. The summed E-state index contributed by atoms with van der Waals surface area (Å²) in [5.41, 5.74) is 1.57. The Kier molecular flexibility index (Phi) is 3.67. The maximum absolute atomic E-state index is 2.31.